The van der Waals surface area contributed by atoms with Crippen molar-refractivity contribution in [1.29, 1.82) is 0 Å². The van der Waals surface area contributed by atoms with Crippen LogP contribution in [0.4, 0.5) is 11.4 Å². The van der Waals surface area contributed by atoms with Gasteiger partial charge >= 0.3 is 0 Å². The molecular weight excluding hydrogens is 364 g/mol. The zero-order valence-corrected chi connectivity index (χ0v) is 14.9. The Morgan fingerprint density at radius 3 is 1.74 bits per heavy atom. The fourth-order valence-corrected chi connectivity index (χ4v) is 3.02. The highest BCUT2D eigenvalue weighted by atomic mass is 35.5. The van der Waals surface area contributed by atoms with Crippen LogP contribution in [0.5, 0.6) is 0 Å². The average Bonchev–Trinajstić information content (AvgIpc) is 2.67. The molecule has 0 unspecified atom stereocenters. The first kappa shape index (κ1) is 18.3. The number of para-hydroxylation sites is 1. The van der Waals surface area contributed by atoms with Crippen LogP contribution in [0.25, 0.3) is 27.8 Å². The van der Waals surface area contributed by atoms with Crippen molar-refractivity contribution in [1.82, 2.24) is 4.98 Å². The molecular formula is C20H15ClN4O2. The predicted octanol–water partition coefficient (Wildman–Crippen LogP) is -0.195. The number of nitrogens with one attached hydrogen (secondary N) is 2. The maximum atomic E-state index is 10.8. The minimum absolute atomic E-state index is 0. The van der Waals surface area contributed by atoms with Gasteiger partial charge in [-0.25, -0.2) is 4.98 Å². The van der Waals surface area contributed by atoms with Crippen LogP contribution in [-0.2, 0) is 9.59 Å². The summed E-state index contributed by atoms with van der Waals surface area (Å²) in [6.45, 7) is 0. The summed E-state index contributed by atoms with van der Waals surface area (Å²) in [7, 11) is 0. The first-order valence-corrected chi connectivity index (χ1v) is 8.05. The molecule has 0 saturated carbocycles. The Balaban J connectivity index is 0.00000210. The normalized spacial score (nSPS) is 10.2. The van der Waals surface area contributed by atoms with E-state index >= 15 is 0 Å². The van der Waals surface area contributed by atoms with Gasteiger partial charge < -0.3 is 23.0 Å². The highest BCUT2D eigenvalue weighted by molar-refractivity contribution is 5.88. The molecule has 0 fully saturated rings. The molecule has 2 amide bonds. The van der Waals surface area contributed by atoms with E-state index in [0.717, 1.165) is 27.8 Å². The summed E-state index contributed by atoms with van der Waals surface area (Å²) in [5, 5.41) is 5.36. The number of benzene rings is 3. The van der Waals surface area contributed by atoms with E-state index in [1.54, 1.807) is 0 Å². The Morgan fingerprint density at radius 1 is 0.741 bits per heavy atom. The van der Waals surface area contributed by atoms with Crippen molar-refractivity contribution >= 4 is 46.3 Å². The van der Waals surface area contributed by atoms with Crippen LogP contribution in [0.15, 0.2) is 66.7 Å². The number of rotatable bonds is 5. The molecule has 0 aliphatic heterocycles. The zero-order valence-electron chi connectivity index (χ0n) is 14.1. The molecule has 0 radical (unpaired) electrons. The van der Waals surface area contributed by atoms with E-state index in [9.17, 15) is 9.59 Å². The van der Waals surface area contributed by atoms with E-state index in [1.807, 2.05) is 66.7 Å². The first-order chi connectivity index (χ1) is 12.8. The van der Waals surface area contributed by atoms with Gasteiger partial charge in [0.05, 0.1) is 0 Å². The Morgan fingerprint density at radius 2 is 1.26 bits per heavy atom. The van der Waals surface area contributed by atoms with Crippen LogP contribution >= 0.6 is 0 Å². The second-order valence-corrected chi connectivity index (χ2v) is 5.71. The molecule has 1 heterocycles. The Labute approximate surface area is 161 Å². The van der Waals surface area contributed by atoms with Gasteiger partial charge in [-0.3, -0.25) is 9.59 Å². The lowest BCUT2D eigenvalue weighted by Crippen LogP contribution is -3.00. The minimum Gasteiger partial charge on any atom is -1.00 e. The Hall–Kier alpha value is -3.51. The van der Waals surface area contributed by atoms with Crippen molar-refractivity contribution in [3.8, 4) is 5.69 Å². The molecule has 2 N–H and O–H groups in total. The molecule has 0 aliphatic carbocycles. The third-order valence-electron chi connectivity index (χ3n) is 4.14. The third kappa shape index (κ3) is 3.43. The number of hydrogen-bond acceptors (Lipinski definition) is 3. The summed E-state index contributed by atoms with van der Waals surface area (Å²) >= 11 is 0. The summed E-state index contributed by atoms with van der Waals surface area (Å²) < 4.78 is 2.06. The molecule has 0 bridgehead atoms. The third-order valence-corrected chi connectivity index (χ3v) is 4.14. The average molecular weight is 379 g/mol. The highest BCUT2D eigenvalue weighted by Crippen LogP contribution is 2.22. The van der Waals surface area contributed by atoms with E-state index in [4.69, 9.17) is 4.98 Å². The van der Waals surface area contributed by atoms with E-state index in [0.29, 0.717) is 24.2 Å². The minimum atomic E-state index is 0. The largest absolute Gasteiger partial charge is 1.00 e. The number of nitrogens with zero attached hydrogens (tertiary/aromatic N) is 2. The van der Waals surface area contributed by atoms with Crippen molar-refractivity contribution in [3.63, 3.8) is 0 Å². The summed E-state index contributed by atoms with van der Waals surface area (Å²) in [6, 6.07) is 21.0. The van der Waals surface area contributed by atoms with Crippen molar-refractivity contribution < 1.29 is 26.6 Å². The fraction of sp³-hybridized carbons (Fsp3) is 0. The fourth-order valence-electron chi connectivity index (χ4n) is 3.02. The number of carbonyl (C=O) groups excluding carboxylic acids is 2. The zero-order chi connectivity index (χ0) is 17.9. The number of anilines is 2. The summed E-state index contributed by atoms with van der Waals surface area (Å²) in [4.78, 5) is 26.4. The van der Waals surface area contributed by atoms with Crippen molar-refractivity contribution in [2.75, 3.05) is 10.6 Å². The molecule has 4 rings (SSSR count). The van der Waals surface area contributed by atoms with Crippen LogP contribution in [-0.4, -0.2) is 17.8 Å². The lowest BCUT2D eigenvalue weighted by molar-refractivity contribution is -0.538. The summed E-state index contributed by atoms with van der Waals surface area (Å²) in [5.74, 6) is 0. The molecule has 0 aliphatic rings. The number of hydrogen-bond donors (Lipinski definition) is 2. The first-order valence-electron chi connectivity index (χ1n) is 8.05. The maximum absolute atomic E-state index is 10.8. The molecule has 1 aromatic heterocycles. The second kappa shape index (κ2) is 7.80. The number of fused-ring (bicyclic) bond motifs is 2. The molecule has 0 spiro atoms. The molecule has 134 valence electrons. The van der Waals surface area contributed by atoms with E-state index in [-0.39, 0.29) is 12.4 Å². The molecule has 7 heteroatoms. The number of amides is 2. The van der Waals surface area contributed by atoms with Crippen molar-refractivity contribution in [3.05, 3.63) is 66.7 Å². The Kier molecular flexibility index (Phi) is 5.28. The number of halogens is 1. The van der Waals surface area contributed by atoms with Crippen LogP contribution < -0.4 is 27.6 Å². The van der Waals surface area contributed by atoms with Gasteiger partial charge in [-0.1, -0.05) is 18.2 Å². The van der Waals surface area contributed by atoms with E-state index < -0.39 is 0 Å². The number of aromatic nitrogens is 2. The van der Waals surface area contributed by atoms with Gasteiger partial charge in [0.25, 0.3) is 0 Å². The monoisotopic (exact) mass is 378 g/mol. The highest BCUT2D eigenvalue weighted by Gasteiger charge is 2.20. The van der Waals surface area contributed by atoms with Crippen molar-refractivity contribution in [2.45, 2.75) is 0 Å². The van der Waals surface area contributed by atoms with E-state index in [2.05, 4.69) is 15.2 Å². The molecule has 6 nitrogen and oxygen atoms in total. The van der Waals surface area contributed by atoms with Crippen LogP contribution in [0.3, 0.4) is 0 Å². The van der Waals surface area contributed by atoms with Gasteiger partial charge in [-0.2, -0.15) is 0 Å². The van der Waals surface area contributed by atoms with Gasteiger partial charge in [0, 0.05) is 35.6 Å². The quantitative estimate of drug-likeness (QED) is 0.287. The van der Waals surface area contributed by atoms with Crippen LogP contribution in [0.2, 0.25) is 0 Å². The van der Waals surface area contributed by atoms with Gasteiger partial charge in [-0.05, 0) is 24.3 Å². The molecule has 4 aromatic rings. The van der Waals surface area contributed by atoms with Gasteiger partial charge in [0.1, 0.15) is 11.0 Å². The predicted molar refractivity (Wildman–Crippen MR) is 100 cm³/mol. The Bertz CT molecular complexity index is 1070. The molecule has 27 heavy (non-hydrogen) atoms. The van der Waals surface area contributed by atoms with Gasteiger partial charge in [0.15, 0.2) is 0 Å². The summed E-state index contributed by atoms with van der Waals surface area (Å²) in [6.07, 6.45) is 1.29. The number of carbonyl (C=O) groups is 2. The van der Waals surface area contributed by atoms with Gasteiger partial charge in [0.2, 0.25) is 29.5 Å². The van der Waals surface area contributed by atoms with E-state index in [1.165, 1.54) is 0 Å². The topological polar surface area (TPSA) is 75.0 Å². The lowest BCUT2D eigenvalue weighted by Gasteiger charge is -2.07. The van der Waals surface area contributed by atoms with Crippen LogP contribution in [0, 0.1) is 0 Å². The lowest BCUT2D eigenvalue weighted by atomic mass is 10.2. The summed E-state index contributed by atoms with van der Waals surface area (Å²) in [5.41, 5.74) is 5.61. The molecule has 0 atom stereocenters. The van der Waals surface area contributed by atoms with Crippen molar-refractivity contribution in [2.24, 2.45) is 0 Å². The smallest absolute Gasteiger partial charge is 0.239 e. The molecule has 3 aromatic carbocycles. The maximum Gasteiger partial charge on any atom is 0.239 e. The molecule has 0 saturated heterocycles. The second-order valence-electron chi connectivity index (χ2n) is 5.71. The van der Waals surface area contributed by atoms with Gasteiger partial charge in [-0.15, -0.1) is 4.57 Å². The van der Waals surface area contributed by atoms with Crippen LogP contribution in [0.1, 0.15) is 0 Å². The standard InChI is InChI=1S/C20H14N4O2.ClH/c25-12-21-14-6-8-17-19(10-14)24(16-4-2-1-3-5-16)20-11-15(22-13-26)7-9-18(20)23-17;/h1-13H,(H,21,22,25,26);1H. The SMILES string of the molecule is O=CNc1ccc2nc3ccc(NC=O)cc3[n+](-c3ccccc3)c2c1.[Cl-].